The molecule has 0 atom stereocenters. The Bertz CT molecular complexity index is 717. The molecule has 2 aromatic carbocycles. The number of carbonyl (C=O) groups is 1. The Morgan fingerprint density at radius 2 is 1.92 bits per heavy atom. The molecule has 126 valence electrons. The van der Waals surface area contributed by atoms with E-state index in [1.807, 2.05) is 49.4 Å². The van der Waals surface area contributed by atoms with Gasteiger partial charge in [-0.2, -0.15) is 0 Å². The summed E-state index contributed by atoms with van der Waals surface area (Å²) >= 11 is 2.23. The largest absolute Gasteiger partial charge is 0.484 e. The lowest BCUT2D eigenvalue weighted by Gasteiger charge is -2.21. The van der Waals surface area contributed by atoms with Gasteiger partial charge in [0.25, 0.3) is 5.91 Å². The second-order valence-electron chi connectivity index (χ2n) is 5.34. The number of benzene rings is 2. The summed E-state index contributed by atoms with van der Waals surface area (Å²) in [5.74, 6) is 2.12. The Morgan fingerprint density at radius 1 is 1.17 bits per heavy atom. The number of halogens is 1. The number of likely N-dealkylation sites (N-methyl/N-ethyl adjacent to an activating group) is 1. The molecule has 0 saturated heterocycles. The molecule has 3 rings (SSSR count). The van der Waals surface area contributed by atoms with Gasteiger partial charge in [-0.05, 0) is 71.5 Å². The van der Waals surface area contributed by atoms with Crippen LogP contribution in [0.15, 0.2) is 42.5 Å². The van der Waals surface area contributed by atoms with Gasteiger partial charge >= 0.3 is 0 Å². The minimum absolute atomic E-state index is 0.0268. The molecule has 24 heavy (non-hydrogen) atoms. The van der Waals surface area contributed by atoms with Gasteiger partial charge in [0.15, 0.2) is 18.1 Å². The summed E-state index contributed by atoms with van der Waals surface area (Å²) in [6.07, 6.45) is 0. The second-order valence-corrected chi connectivity index (χ2v) is 6.58. The van der Waals surface area contributed by atoms with E-state index in [9.17, 15) is 4.79 Å². The highest BCUT2D eigenvalue weighted by atomic mass is 127. The van der Waals surface area contributed by atoms with E-state index in [0.717, 1.165) is 20.6 Å². The Hall–Kier alpha value is -1.96. The highest BCUT2D eigenvalue weighted by molar-refractivity contribution is 14.1. The van der Waals surface area contributed by atoms with Gasteiger partial charge in [0.1, 0.15) is 5.75 Å². The topological polar surface area (TPSA) is 48.0 Å². The molecular formula is C18H18INO4. The van der Waals surface area contributed by atoms with E-state index in [-0.39, 0.29) is 19.3 Å². The van der Waals surface area contributed by atoms with Crippen LogP contribution in [0.3, 0.4) is 0 Å². The standard InChI is InChI=1S/C18H18INO4/c1-2-20(10-13-3-8-16-17(9-13)24-12-23-16)18(21)11-22-15-6-4-14(19)5-7-15/h3-9H,2,10-12H2,1H3. The lowest BCUT2D eigenvalue weighted by molar-refractivity contribution is -0.133. The van der Waals surface area contributed by atoms with Crippen molar-refractivity contribution in [3.63, 3.8) is 0 Å². The molecule has 6 heteroatoms. The molecular weight excluding hydrogens is 421 g/mol. The zero-order valence-electron chi connectivity index (χ0n) is 13.3. The van der Waals surface area contributed by atoms with Gasteiger partial charge in [-0.15, -0.1) is 0 Å². The van der Waals surface area contributed by atoms with Crippen LogP contribution in [-0.4, -0.2) is 30.8 Å². The number of fused-ring (bicyclic) bond motifs is 1. The Morgan fingerprint density at radius 3 is 2.67 bits per heavy atom. The van der Waals surface area contributed by atoms with Crippen molar-refractivity contribution in [2.45, 2.75) is 13.5 Å². The number of amides is 1. The van der Waals surface area contributed by atoms with E-state index in [2.05, 4.69) is 22.6 Å². The summed E-state index contributed by atoms with van der Waals surface area (Å²) in [5, 5.41) is 0. The second kappa shape index (κ2) is 7.74. The zero-order valence-corrected chi connectivity index (χ0v) is 15.5. The molecule has 0 saturated carbocycles. The van der Waals surface area contributed by atoms with Gasteiger partial charge in [-0.1, -0.05) is 6.07 Å². The van der Waals surface area contributed by atoms with Crippen molar-refractivity contribution < 1.29 is 19.0 Å². The molecule has 0 fully saturated rings. The van der Waals surface area contributed by atoms with Crippen molar-refractivity contribution in [2.75, 3.05) is 19.9 Å². The third-order valence-corrected chi connectivity index (χ3v) is 4.44. The van der Waals surface area contributed by atoms with Crippen LogP contribution in [0.4, 0.5) is 0 Å². The minimum Gasteiger partial charge on any atom is -0.484 e. The number of hydrogen-bond acceptors (Lipinski definition) is 4. The molecule has 1 amide bonds. The van der Waals surface area contributed by atoms with Crippen molar-refractivity contribution in [1.29, 1.82) is 0 Å². The lowest BCUT2D eigenvalue weighted by Crippen LogP contribution is -2.34. The van der Waals surface area contributed by atoms with Crippen LogP contribution in [0.2, 0.25) is 0 Å². The Kier molecular flexibility index (Phi) is 5.44. The van der Waals surface area contributed by atoms with E-state index < -0.39 is 0 Å². The molecule has 0 aliphatic carbocycles. The summed E-state index contributed by atoms with van der Waals surface area (Å²) in [6, 6.07) is 13.4. The molecule has 0 aromatic heterocycles. The SMILES string of the molecule is CCN(Cc1ccc2c(c1)OCO2)C(=O)COc1ccc(I)cc1. The van der Waals surface area contributed by atoms with Crippen molar-refractivity contribution in [3.05, 3.63) is 51.6 Å². The molecule has 1 aliphatic rings. The Balaban J connectivity index is 1.58. The third-order valence-electron chi connectivity index (χ3n) is 3.72. The fourth-order valence-corrected chi connectivity index (χ4v) is 2.76. The number of ether oxygens (including phenoxy) is 3. The van der Waals surface area contributed by atoms with E-state index in [4.69, 9.17) is 14.2 Å². The zero-order chi connectivity index (χ0) is 16.9. The van der Waals surface area contributed by atoms with Crippen LogP contribution in [0.5, 0.6) is 17.2 Å². The molecule has 0 bridgehead atoms. The van der Waals surface area contributed by atoms with Crippen molar-refractivity contribution >= 4 is 28.5 Å². The first-order valence-corrected chi connectivity index (χ1v) is 8.78. The highest BCUT2D eigenvalue weighted by Crippen LogP contribution is 2.32. The maximum Gasteiger partial charge on any atom is 0.260 e. The minimum atomic E-state index is -0.0475. The van der Waals surface area contributed by atoms with Gasteiger partial charge in [0.2, 0.25) is 6.79 Å². The first-order chi connectivity index (χ1) is 11.7. The summed E-state index contributed by atoms with van der Waals surface area (Å²) in [6.45, 7) is 3.36. The van der Waals surface area contributed by atoms with Crippen molar-refractivity contribution in [2.24, 2.45) is 0 Å². The smallest absolute Gasteiger partial charge is 0.260 e. The predicted molar refractivity (Wildman–Crippen MR) is 98.3 cm³/mol. The van der Waals surface area contributed by atoms with Gasteiger partial charge in [-0.3, -0.25) is 4.79 Å². The fraction of sp³-hybridized carbons (Fsp3) is 0.278. The summed E-state index contributed by atoms with van der Waals surface area (Å²) in [5.41, 5.74) is 1.00. The molecule has 2 aromatic rings. The maximum absolute atomic E-state index is 12.4. The summed E-state index contributed by atoms with van der Waals surface area (Å²) in [4.78, 5) is 14.2. The molecule has 0 spiro atoms. The van der Waals surface area contributed by atoms with E-state index in [1.54, 1.807) is 4.90 Å². The molecule has 0 N–H and O–H groups in total. The molecule has 0 unspecified atom stereocenters. The molecule has 5 nitrogen and oxygen atoms in total. The van der Waals surface area contributed by atoms with Crippen molar-refractivity contribution in [1.82, 2.24) is 4.90 Å². The van der Waals surface area contributed by atoms with E-state index in [1.165, 1.54) is 0 Å². The van der Waals surface area contributed by atoms with E-state index in [0.29, 0.717) is 18.8 Å². The van der Waals surface area contributed by atoms with Crippen molar-refractivity contribution in [3.8, 4) is 17.2 Å². The van der Waals surface area contributed by atoms with E-state index >= 15 is 0 Å². The van der Waals surface area contributed by atoms with Gasteiger partial charge in [-0.25, -0.2) is 0 Å². The third kappa shape index (κ3) is 4.11. The maximum atomic E-state index is 12.4. The number of rotatable bonds is 6. The van der Waals surface area contributed by atoms with Crippen LogP contribution in [0, 0.1) is 3.57 Å². The van der Waals surface area contributed by atoms with Crippen LogP contribution in [-0.2, 0) is 11.3 Å². The molecule has 1 aliphatic heterocycles. The highest BCUT2D eigenvalue weighted by Gasteiger charge is 2.17. The average Bonchev–Trinajstić information content (AvgIpc) is 3.06. The van der Waals surface area contributed by atoms with Crippen LogP contribution < -0.4 is 14.2 Å². The number of carbonyl (C=O) groups excluding carboxylic acids is 1. The number of hydrogen-bond donors (Lipinski definition) is 0. The average molecular weight is 439 g/mol. The first kappa shape index (κ1) is 16.9. The first-order valence-electron chi connectivity index (χ1n) is 7.70. The number of nitrogens with zero attached hydrogens (tertiary/aromatic N) is 1. The quantitative estimate of drug-likeness (QED) is 0.648. The normalized spacial score (nSPS) is 12.1. The van der Waals surface area contributed by atoms with Gasteiger partial charge < -0.3 is 19.1 Å². The molecule has 0 radical (unpaired) electrons. The monoisotopic (exact) mass is 439 g/mol. The van der Waals surface area contributed by atoms with Gasteiger partial charge in [0.05, 0.1) is 0 Å². The van der Waals surface area contributed by atoms with Gasteiger partial charge in [0, 0.05) is 16.7 Å². The predicted octanol–water partition coefficient (Wildman–Crippen LogP) is 3.45. The molecule has 1 heterocycles. The van der Waals surface area contributed by atoms with Crippen LogP contribution >= 0.6 is 22.6 Å². The fourth-order valence-electron chi connectivity index (χ4n) is 2.40. The Labute approximate surface area is 154 Å². The summed E-state index contributed by atoms with van der Waals surface area (Å²) in [7, 11) is 0. The summed E-state index contributed by atoms with van der Waals surface area (Å²) < 4.78 is 17.4. The lowest BCUT2D eigenvalue weighted by atomic mass is 10.2. The van der Waals surface area contributed by atoms with Crippen LogP contribution in [0.1, 0.15) is 12.5 Å². The van der Waals surface area contributed by atoms with Crippen LogP contribution in [0.25, 0.3) is 0 Å².